The van der Waals surface area contributed by atoms with Crippen LogP contribution in [-0.2, 0) is 22.4 Å². The highest BCUT2D eigenvalue weighted by Gasteiger charge is 2.34. The summed E-state index contributed by atoms with van der Waals surface area (Å²) >= 11 is 0. The topological polar surface area (TPSA) is 51.2 Å². The monoisotopic (exact) mass is 588 g/mol. The molecule has 3 heteroatoms. The molecule has 43 heavy (non-hydrogen) atoms. The quantitative estimate of drug-likeness (QED) is 0.232. The highest BCUT2D eigenvalue weighted by molar-refractivity contribution is 6.02. The summed E-state index contributed by atoms with van der Waals surface area (Å²) in [6, 6.07) is 11.2. The number of Topliss-reactive ketones (excluding diaryl/α,β-unsaturated/α-hetero) is 3. The van der Waals surface area contributed by atoms with Crippen molar-refractivity contribution in [2.75, 3.05) is 0 Å². The molecular formula is C40H60O3. The Morgan fingerprint density at radius 3 is 2.07 bits per heavy atom. The van der Waals surface area contributed by atoms with Crippen LogP contribution in [0.25, 0.3) is 11.1 Å². The van der Waals surface area contributed by atoms with Gasteiger partial charge in [0.25, 0.3) is 0 Å². The third kappa shape index (κ3) is 10.3. The van der Waals surface area contributed by atoms with E-state index in [-0.39, 0.29) is 46.9 Å². The third-order valence-corrected chi connectivity index (χ3v) is 8.74. The van der Waals surface area contributed by atoms with Gasteiger partial charge in [0.2, 0.25) is 0 Å². The maximum atomic E-state index is 13.8. The molecule has 0 spiro atoms. The van der Waals surface area contributed by atoms with Crippen LogP contribution < -0.4 is 0 Å². The maximum Gasteiger partial charge on any atom is 0.163 e. The van der Waals surface area contributed by atoms with Gasteiger partial charge in [-0.25, -0.2) is 0 Å². The molecule has 2 aromatic carbocycles. The highest BCUT2D eigenvalue weighted by atomic mass is 16.1. The standard InChI is InChI=1S/C37H52O3.C3H8/c1-10-12-29(30(11-2)34(39)17-24(5)38)18-27-19-33-31(23(3)4)21-32(25(6)36(33)35(40)20-27)28-15-13-26(14-16-28)22-37(7,8)9;1-3-2/h13-16,21,23,27,29-30H,10-12,17-20,22H2,1-9H3;3H2,1-2H3. The molecule has 3 atom stereocenters. The largest absolute Gasteiger partial charge is 0.300 e. The predicted octanol–water partition coefficient (Wildman–Crippen LogP) is 10.9. The molecule has 0 radical (unpaired) electrons. The Hall–Kier alpha value is -2.55. The van der Waals surface area contributed by atoms with E-state index in [9.17, 15) is 14.4 Å². The van der Waals surface area contributed by atoms with Gasteiger partial charge in [0, 0.05) is 17.9 Å². The minimum absolute atomic E-state index is 0.0296. The molecule has 0 aliphatic heterocycles. The van der Waals surface area contributed by atoms with Crippen molar-refractivity contribution in [3.63, 3.8) is 0 Å². The summed E-state index contributed by atoms with van der Waals surface area (Å²) in [7, 11) is 0. The van der Waals surface area contributed by atoms with Crippen LogP contribution in [0.2, 0.25) is 0 Å². The molecule has 0 aromatic heterocycles. The molecule has 1 aliphatic rings. The van der Waals surface area contributed by atoms with Crippen LogP contribution in [0.15, 0.2) is 30.3 Å². The summed E-state index contributed by atoms with van der Waals surface area (Å²) in [5.41, 5.74) is 8.45. The van der Waals surface area contributed by atoms with E-state index in [4.69, 9.17) is 0 Å². The molecule has 0 N–H and O–H groups in total. The minimum Gasteiger partial charge on any atom is -0.300 e. The van der Waals surface area contributed by atoms with Crippen LogP contribution >= 0.6 is 0 Å². The number of hydrogen-bond acceptors (Lipinski definition) is 3. The zero-order chi connectivity index (χ0) is 32.5. The number of rotatable bonds is 12. The molecule has 3 unspecified atom stereocenters. The lowest BCUT2D eigenvalue weighted by atomic mass is 9.70. The second-order valence-corrected chi connectivity index (χ2v) is 14.6. The highest BCUT2D eigenvalue weighted by Crippen LogP contribution is 2.42. The average Bonchev–Trinajstić information content (AvgIpc) is 2.89. The molecule has 238 valence electrons. The van der Waals surface area contributed by atoms with Crippen molar-refractivity contribution in [3.8, 4) is 11.1 Å². The fourth-order valence-corrected chi connectivity index (χ4v) is 7.06. The summed E-state index contributed by atoms with van der Waals surface area (Å²) in [6.07, 6.45) is 7.32. The van der Waals surface area contributed by atoms with Gasteiger partial charge < -0.3 is 0 Å². The van der Waals surface area contributed by atoms with Crippen LogP contribution in [0.4, 0.5) is 0 Å². The van der Waals surface area contributed by atoms with E-state index in [0.29, 0.717) is 12.3 Å². The van der Waals surface area contributed by atoms with Crippen molar-refractivity contribution in [1.29, 1.82) is 0 Å². The molecule has 0 saturated heterocycles. The third-order valence-electron chi connectivity index (χ3n) is 8.74. The Labute approximate surface area is 263 Å². The van der Waals surface area contributed by atoms with Crippen molar-refractivity contribution in [1.82, 2.24) is 0 Å². The van der Waals surface area contributed by atoms with Gasteiger partial charge in [-0.3, -0.25) is 14.4 Å². The molecular weight excluding hydrogens is 528 g/mol. The first-order valence-electron chi connectivity index (χ1n) is 17.0. The van der Waals surface area contributed by atoms with E-state index in [1.54, 1.807) is 0 Å². The van der Waals surface area contributed by atoms with E-state index in [1.165, 1.54) is 41.2 Å². The summed E-state index contributed by atoms with van der Waals surface area (Å²) in [5, 5.41) is 0. The number of carbonyl (C=O) groups excluding carboxylic acids is 3. The lowest BCUT2D eigenvalue weighted by Gasteiger charge is -2.33. The molecule has 0 heterocycles. The molecule has 0 amide bonds. The summed E-state index contributed by atoms with van der Waals surface area (Å²) in [5.74, 6) is 0.924. The first-order chi connectivity index (χ1) is 20.2. The van der Waals surface area contributed by atoms with Crippen molar-refractivity contribution >= 4 is 17.3 Å². The summed E-state index contributed by atoms with van der Waals surface area (Å²) in [4.78, 5) is 38.5. The number of carbonyl (C=O) groups is 3. The summed E-state index contributed by atoms with van der Waals surface area (Å²) < 4.78 is 0. The minimum atomic E-state index is -0.102. The van der Waals surface area contributed by atoms with Crippen LogP contribution in [0.5, 0.6) is 0 Å². The molecule has 1 aliphatic carbocycles. The molecule has 2 aromatic rings. The van der Waals surface area contributed by atoms with Gasteiger partial charge in [0.15, 0.2) is 5.78 Å². The van der Waals surface area contributed by atoms with E-state index >= 15 is 0 Å². The molecule has 3 rings (SSSR count). The number of benzene rings is 2. The first-order valence-corrected chi connectivity index (χ1v) is 17.0. The fraction of sp³-hybridized carbons (Fsp3) is 0.625. The second kappa shape index (κ2) is 16.5. The maximum absolute atomic E-state index is 13.8. The van der Waals surface area contributed by atoms with E-state index in [2.05, 4.69) is 99.6 Å². The van der Waals surface area contributed by atoms with Crippen molar-refractivity contribution in [2.45, 2.75) is 140 Å². The Morgan fingerprint density at radius 1 is 0.977 bits per heavy atom. The van der Waals surface area contributed by atoms with Gasteiger partial charge in [-0.05, 0) is 96.1 Å². The SMILES string of the molecule is CCC.CCCC(CC1CC(=O)c2c(C)c(-c3ccc(CC(C)(C)C)cc3)cc(C(C)C)c2C1)C(CC)C(=O)CC(C)=O. The van der Waals surface area contributed by atoms with Crippen LogP contribution in [-0.4, -0.2) is 17.3 Å². The first kappa shape index (κ1) is 36.6. The lowest BCUT2D eigenvalue weighted by molar-refractivity contribution is -0.129. The Bertz CT molecular complexity index is 1230. The zero-order valence-corrected chi connectivity index (χ0v) is 29.3. The van der Waals surface area contributed by atoms with Crippen LogP contribution in [0.1, 0.15) is 153 Å². The molecule has 0 bridgehead atoms. The average molecular weight is 589 g/mol. The number of hydrogen-bond donors (Lipinski definition) is 0. The van der Waals surface area contributed by atoms with Gasteiger partial charge in [-0.2, -0.15) is 0 Å². The van der Waals surface area contributed by atoms with Gasteiger partial charge in [0.1, 0.15) is 11.6 Å². The van der Waals surface area contributed by atoms with Crippen LogP contribution in [0.3, 0.4) is 0 Å². The number of fused-ring (bicyclic) bond motifs is 1. The van der Waals surface area contributed by atoms with E-state index in [1.807, 2.05) is 0 Å². The van der Waals surface area contributed by atoms with Gasteiger partial charge in [-0.15, -0.1) is 0 Å². The lowest BCUT2D eigenvalue weighted by Crippen LogP contribution is -2.30. The van der Waals surface area contributed by atoms with Crippen molar-refractivity contribution in [2.24, 2.45) is 23.2 Å². The van der Waals surface area contributed by atoms with Gasteiger partial charge in [0.05, 0.1) is 6.42 Å². The number of ketones is 3. The fourth-order valence-electron chi connectivity index (χ4n) is 7.06. The predicted molar refractivity (Wildman–Crippen MR) is 183 cm³/mol. The second-order valence-electron chi connectivity index (χ2n) is 14.6. The molecule has 0 saturated carbocycles. The Kier molecular flexibility index (Phi) is 14.1. The van der Waals surface area contributed by atoms with Crippen LogP contribution in [0, 0.1) is 30.1 Å². The smallest absolute Gasteiger partial charge is 0.163 e. The normalized spacial score (nSPS) is 16.3. The van der Waals surface area contributed by atoms with E-state index < -0.39 is 0 Å². The zero-order valence-electron chi connectivity index (χ0n) is 29.3. The van der Waals surface area contributed by atoms with Crippen molar-refractivity contribution in [3.05, 3.63) is 58.1 Å². The summed E-state index contributed by atoms with van der Waals surface area (Å²) in [6.45, 7) is 23.3. The molecule has 0 fully saturated rings. The van der Waals surface area contributed by atoms with Gasteiger partial charge in [-0.1, -0.05) is 112 Å². The van der Waals surface area contributed by atoms with Gasteiger partial charge >= 0.3 is 0 Å². The van der Waals surface area contributed by atoms with Crippen molar-refractivity contribution < 1.29 is 14.4 Å². The van der Waals surface area contributed by atoms with E-state index in [0.717, 1.165) is 49.7 Å². The Morgan fingerprint density at radius 2 is 1.58 bits per heavy atom. The Balaban J connectivity index is 0.00000206. The molecule has 3 nitrogen and oxygen atoms in total.